The summed E-state index contributed by atoms with van der Waals surface area (Å²) >= 11 is 0. The molecule has 0 spiro atoms. The molecule has 0 aliphatic carbocycles. The van der Waals surface area contributed by atoms with Gasteiger partial charge in [-0.15, -0.1) is 0 Å². The van der Waals surface area contributed by atoms with Gasteiger partial charge in [0.15, 0.2) is 0 Å². The Morgan fingerprint density at radius 2 is 1.50 bits per heavy atom. The Morgan fingerprint density at radius 1 is 1.50 bits per heavy atom. The second kappa shape index (κ2) is 54.4. The minimum atomic E-state index is 0. The van der Waals surface area contributed by atoms with E-state index in [1.54, 1.807) is 6.92 Å². The van der Waals surface area contributed by atoms with E-state index in [0.717, 1.165) is 0 Å². The third kappa shape index (κ3) is 352. The normalized spacial score (nSPS) is 3.00. The topological polar surface area (TPSA) is 0 Å². The summed E-state index contributed by atoms with van der Waals surface area (Å²) in [6, 6.07) is 0. The van der Waals surface area contributed by atoms with E-state index in [2.05, 4.69) is 20.4 Å². The van der Waals surface area contributed by atoms with Crippen LogP contribution in [0, 0.1) is 13.8 Å². The van der Waals surface area contributed by atoms with Gasteiger partial charge in [0.25, 0.3) is 0 Å². The van der Waals surface area contributed by atoms with Gasteiger partial charge in [0.2, 0.25) is 0 Å². The Hall–Kier alpha value is 0.376. The smallest absolute Gasteiger partial charge is 0.346 e. The molecule has 6 heavy (non-hydrogen) atoms. The van der Waals surface area contributed by atoms with E-state index in [-0.39, 0.29) is 23.1 Å². The first kappa shape index (κ1) is 16.2. The maximum absolute atomic E-state index is 3.25. The fourth-order valence-corrected chi connectivity index (χ4v) is 0. The Kier molecular flexibility index (Phi) is 146. The fraction of sp³-hybridized carbons (Fsp3) is 0.200. The molecule has 0 bridgehead atoms. The van der Waals surface area contributed by atoms with Crippen LogP contribution in [0.5, 0.6) is 0 Å². The van der Waals surface area contributed by atoms with Crippen molar-refractivity contribution in [1.82, 2.24) is 0 Å². The van der Waals surface area contributed by atoms with Crippen LogP contribution in [0.2, 0.25) is 0 Å². The molecule has 0 aliphatic rings. The minimum Gasteiger partial charge on any atom is -0.346 e. The third-order valence-corrected chi connectivity index (χ3v) is 0. The van der Waals surface area contributed by atoms with Crippen molar-refractivity contribution in [1.29, 1.82) is 0 Å². The molecule has 0 aromatic carbocycles. The molecule has 0 amide bonds. The summed E-state index contributed by atoms with van der Waals surface area (Å²) in [5.41, 5.74) is 0. The Bertz CT molecular complexity index is 11.4. The molecule has 0 fully saturated rings. The van der Waals surface area contributed by atoms with Crippen LogP contribution in [0.25, 0.3) is 0 Å². The molecule has 0 aromatic rings. The van der Waals surface area contributed by atoms with Gasteiger partial charge < -0.3 is 6.92 Å². The van der Waals surface area contributed by atoms with Crippen molar-refractivity contribution in [2.45, 2.75) is 6.92 Å². The summed E-state index contributed by atoms with van der Waals surface area (Å²) in [5, 5.41) is 0. The van der Waals surface area contributed by atoms with Gasteiger partial charge in [0, 0.05) is 0 Å². The van der Waals surface area contributed by atoms with Gasteiger partial charge in [-0.05, 0) is 0 Å². The summed E-state index contributed by atoms with van der Waals surface area (Å²) in [6.45, 7) is 11.5. The molecule has 0 aromatic heterocycles. The van der Waals surface area contributed by atoms with Crippen molar-refractivity contribution < 1.29 is 0 Å². The monoisotopic (exact) mass is 94.1 g/mol. The molecule has 0 N–H and O–H groups in total. The van der Waals surface area contributed by atoms with E-state index in [0.29, 0.717) is 0 Å². The predicted molar refractivity (Wildman–Crippen MR) is 32.3 cm³/mol. The zero-order valence-corrected chi connectivity index (χ0v) is 5.82. The van der Waals surface area contributed by atoms with E-state index in [9.17, 15) is 0 Å². The number of hydrogen-bond donors (Lipinski definition) is 0. The average Bonchev–Trinajstić information content (AvgIpc) is 1.46. The van der Waals surface area contributed by atoms with Gasteiger partial charge in [-0.25, -0.2) is 19.6 Å². The van der Waals surface area contributed by atoms with Crippen molar-refractivity contribution in [2.24, 2.45) is 0 Å². The SMILES string of the molecule is C=C[CH2-].[CH2-]C.[Mg+2]. The van der Waals surface area contributed by atoms with Gasteiger partial charge in [-0.1, -0.05) is 0 Å². The van der Waals surface area contributed by atoms with E-state index in [1.807, 2.05) is 0 Å². The van der Waals surface area contributed by atoms with Gasteiger partial charge in [0.05, 0.1) is 0 Å². The Labute approximate surface area is 56.8 Å². The number of allylic oxidation sites excluding steroid dienone is 1. The van der Waals surface area contributed by atoms with Gasteiger partial charge in [0.1, 0.15) is 0 Å². The number of hydrogen-bond acceptors (Lipinski definition) is 0. The van der Waals surface area contributed by atoms with Crippen LogP contribution in [-0.2, 0) is 0 Å². The zero-order chi connectivity index (χ0) is 4.71. The second-order valence-electron chi connectivity index (χ2n) is 0.289. The summed E-state index contributed by atoms with van der Waals surface area (Å²) in [6.07, 6.45) is 1.50. The molecule has 0 saturated carbocycles. The second-order valence-corrected chi connectivity index (χ2v) is 0.289. The Balaban J connectivity index is -0.0000000275. The molecular formula is C5H10Mg. The third-order valence-electron chi connectivity index (χ3n) is 0. The van der Waals surface area contributed by atoms with Crippen LogP contribution in [0.4, 0.5) is 0 Å². The van der Waals surface area contributed by atoms with Crippen LogP contribution in [0.3, 0.4) is 0 Å². The minimum absolute atomic E-state index is 0. The quantitative estimate of drug-likeness (QED) is 0.315. The maximum Gasteiger partial charge on any atom is 2.00 e. The van der Waals surface area contributed by atoms with Crippen molar-refractivity contribution in [3.05, 3.63) is 26.5 Å². The van der Waals surface area contributed by atoms with Gasteiger partial charge in [-0.3, -0.25) is 0 Å². The summed E-state index contributed by atoms with van der Waals surface area (Å²) in [5.74, 6) is 0. The van der Waals surface area contributed by atoms with Crippen molar-refractivity contribution >= 4 is 23.1 Å². The van der Waals surface area contributed by atoms with Crippen molar-refractivity contribution in [3.63, 3.8) is 0 Å². The molecule has 0 nitrogen and oxygen atoms in total. The van der Waals surface area contributed by atoms with E-state index >= 15 is 0 Å². The average molecular weight is 94.4 g/mol. The van der Waals surface area contributed by atoms with Crippen LogP contribution < -0.4 is 0 Å². The molecule has 0 aliphatic heterocycles. The number of rotatable bonds is 0. The first-order valence-corrected chi connectivity index (χ1v) is 1.52. The molecule has 0 rings (SSSR count). The fourth-order valence-electron chi connectivity index (χ4n) is 0. The van der Waals surface area contributed by atoms with E-state index < -0.39 is 0 Å². The van der Waals surface area contributed by atoms with Gasteiger partial charge >= 0.3 is 23.1 Å². The first-order valence-electron chi connectivity index (χ1n) is 1.52. The summed E-state index contributed by atoms with van der Waals surface area (Å²) in [7, 11) is 0. The molecule has 0 unspecified atom stereocenters. The molecule has 0 heterocycles. The first-order chi connectivity index (χ1) is 2.41. The molecule has 0 radical (unpaired) electrons. The summed E-state index contributed by atoms with van der Waals surface area (Å²) < 4.78 is 0. The van der Waals surface area contributed by atoms with Crippen LogP contribution in [-0.4, -0.2) is 23.1 Å². The van der Waals surface area contributed by atoms with E-state index in [4.69, 9.17) is 0 Å². The predicted octanol–water partition coefficient (Wildman–Crippen LogP) is 1.47. The zero-order valence-electron chi connectivity index (χ0n) is 4.41. The maximum atomic E-state index is 3.25. The van der Waals surface area contributed by atoms with Crippen molar-refractivity contribution in [3.8, 4) is 0 Å². The molecule has 32 valence electrons. The largest absolute Gasteiger partial charge is 2.00 e. The summed E-state index contributed by atoms with van der Waals surface area (Å²) in [4.78, 5) is 0. The van der Waals surface area contributed by atoms with E-state index in [1.165, 1.54) is 6.08 Å². The molecule has 0 atom stereocenters. The van der Waals surface area contributed by atoms with Crippen molar-refractivity contribution in [2.75, 3.05) is 0 Å². The van der Waals surface area contributed by atoms with Crippen LogP contribution in [0.1, 0.15) is 6.92 Å². The van der Waals surface area contributed by atoms with Gasteiger partial charge in [-0.2, -0.15) is 6.92 Å². The Morgan fingerprint density at radius 3 is 1.50 bits per heavy atom. The molecular weight excluding hydrogens is 84.4 g/mol. The molecule has 1 heteroatoms. The molecule has 0 saturated heterocycles. The van der Waals surface area contributed by atoms with Crippen LogP contribution in [0.15, 0.2) is 12.7 Å². The van der Waals surface area contributed by atoms with Crippen LogP contribution >= 0.6 is 0 Å². The standard InChI is InChI=1S/C3H5.C2H5.Mg/c1-3-2;1-2;/h3H,1-2H2;1H2,2H3;/q2*-1;+2.